The van der Waals surface area contributed by atoms with Crippen LogP contribution in [0.25, 0.3) is 0 Å². The molecule has 0 spiro atoms. The van der Waals surface area contributed by atoms with Crippen molar-refractivity contribution in [3.8, 4) is 0 Å². The highest BCUT2D eigenvalue weighted by atomic mass is 16.5. The van der Waals surface area contributed by atoms with Gasteiger partial charge in [-0.25, -0.2) is 4.98 Å². The Morgan fingerprint density at radius 2 is 2.07 bits per heavy atom. The molecule has 2 rings (SSSR count). The van der Waals surface area contributed by atoms with Gasteiger partial charge in [-0.2, -0.15) is 0 Å². The van der Waals surface area contributed by atoms with Crippen molar-refractivity contribution < 1.29 is 4.74 Å². The predicted molar refractivity (Wildman–Crippen MR) is 60.9 cm³/mol. The average Bonchev–Trinajstić information content (AvgIpc) is 2.16. The van der Waals surface area contributed by atoms with Gasteiger partial charge in [-0.3, -0.25) is 0 Å². The second kappa shape index (κ2) is 4.06. The van der Waals surface area contributed by atoms with Crippen LogP contribution in [0.15, 0.2) is 18.3 Å². The number of hydrogen-bond acceptors (Lipinski definition) is 4. The van der Waals surface area contributed by atoms with Crippen molar-refractivity contribution in [3.05, 3.63) is 18.3 Å². The number of nitrogens with zero attached hydrogens (tertiary/aromatic N) is 2. The molecule has 0 aliphatic carbocycles. The van der Waals surface area contributed by atoms with Crippen LogP contribution >= 0.6 is 0 Å². The second-order valence-electron chi connectivity index (χ2n) is 4.11. The highest BCUT2D eigenvalue weighted by Gasteiger charge is 2.22. The first kappa shape index (κ1) is 10.2. The number of aromatic nitrogens is 1. The lowest BCUT2D eigenvalue weighted by atomic mass is 10.2. The Hall–Kier alpha value is -1.29. The number of hydrogen-bond donors (Lipinski definition) is 1. The van der Waals surface area contributed by atoms with E-state index in [4.69, 9.17) is 10.5 Å². The van der Waals surface area contributed by atoms with Gasteiger partial charge in [0.15, 0.2) is 0 Å². The Bertz CT molecular complexity index is 332. The summed E-state index contributed by atoms with van der Waals surface area (Å²) < 4.78 is 5.67. The lowest BCUT2D eigenvalue weighted by molar-refractivity contribution is -0.00545. The van der Waals surface area contributed by atoms with E-state index in [2.05, 4.69) is 23.7 Å². The van der Waals surface area contributed by atoms with Gasteiger partial charge in [0.05, 0.1) is 12.2 Å². The fourth-order valence-electron chi connectivity index (χ4n) is 1.97. The van der Waals surface area contributed by atoms with Gasteiger partial charge in [0, 0.05) is 31.0 Å². The topological polar surface area (TPSA) is 51.4 Å². The van der Waals surface area contributed by atoms with Crippen LogP contribution in [-0.4, -0.2) is 30.3 Å². The van der Waals surface area contributed by atoms with Crippen LogP contribution in [0, 0.1) is 0 Å². The molecule has 2 heterocycles. The quantitative estimate of drug-likeness (QED) is 0.753. The van der Waals surface area contributed by atoms with Gasteiger partial charge in [-0.1, -0.05) is 0 Å². The second-order valence-corrected chi connectivity index (χ2v) is 4.11. The standard InChI is InChI=1S/C11H17N3O/c1-8-6-14(7-9(2)15-8)11-5-10(12)3-4-13-11/h3-5,8-9H,6-7H2,1-2H3,(H2,12,13)/t8-,9+. The molecule has 1 fully saturated rings. The maximum absolute atomic E-state index is 5.74. The van der Waals surface area contributed by atoms with Gasteiger partial charge in [-0.15, -0.1) is 0 Å². The molecule has 0 saturated carbocycles. The summed E-state index contributed by atoms with van der Waals surface area (Å²) in [5.74, 6) is 0.942. The first-order valence-corrected chi connectivity index (χ1v) is 5.27. The van der Waals surface area contributed by atoms with Gasteiger partial charge in [0.1, 0.15) is 5.82 Å². The summed E-state index contributed by atoms with van der Waals surface area (Å²) >= 11 is 0. The van der Waals surface area contributed by atoms with Crippen molar-refractivity contribution in [2.24, 2.45) is 0 Å². The molecule has 1 aliphatic heterocycles. The van der Waals surface area contributed by atoms with Crippen LogP contribution in [0.2, 0.25) is 0 Å². The molecular formula is C11H17N3O. The van der Waals surface area contributed by atoms with Crippen LogP contribution in [0.1, 0.15) is 13.8 Å². The number of morpholine rings is 1. The van der Waals surface area contributed by atoms with Gasteiger partial charge in [0.25, 0.3) is 0 Å². The van der Waals surface area contributed by atoms with Crippen LogP contribution < -0.4 is 10.6 Å². The number of rotatable bonds is 1. The van der Waals surface area contributed by atoms with Gasteiger partial charge >= 0.3 is 0 Å². The SMILES string of the molecule is C[C@@H]1CN(c2cc(N)ccn2)C[C@H](C)O1. The zero-order valence-electron chi connectivity index (χ0n) is 9.18. The first-order valence-electron chi connectivity index (χ1n) is 5.27. The molecule has 4 heteroatoms. The van der Waals surface area contributed by atoms with E-state index >= 15 is 0 Å². The number of nitrogens with two attached hydrogens (primary N) is 1. The summed E-state index contributed by atoms with van der Waals surface area (Å²) in [5.41, 5.74) is 6.49. The fourth-order valence-corrected chi connectivity index (χ4v) is 1.97. The van der Waals surface area contributed by atoms with E-state index in [1.807, 2.05) is 6.07 Å². The third-order valence-corrected chi connectivity index (χ3v) is 2.51. The van der Waals surface area contributed by atoms with Crippen molar-refractivity contribution in [2.75, 3.05) is 23.7 Å². The third-order valence-electron chi connectivity index (χ3n) is 2.51. The predicted octanol–water partition coefficient (Wildman–Crippen LogP) is 1.28. The summed E-state index contributed by atoms with van der Waals surface area (Å²) in [7, 11) is 0. The summed E-state index contributed by atoms with van der Waals surface area (Å²) in [6, 6.07) is 3.71. The van der Waals surface area contributed by atoms with Crippen LogP contribution in [0.5, 0.6) is 0 Å². The highest BCUT2D eigenvalue weighted by Crippen LogP contribution is 2.19. The molecule has 1 aromatic rings. The highest BCUT2D eigenvalue weighted by molar-refractivity contribution is 5.50. The largest absolute Gasteiger partial charge is 0.399 e. The maximum atomic E-state index is 5.74. The molecule has 82 valence electrons. The van der Waals surface area contributed by atoms with E-state index < -0.39 is 0 Å². The van der Waals surface area contributed by atoms with Crippen LogP contribution in [0.3, 0.4) is 0 Å². The van der Waals surface area contributed by atoms with E-state index in [9.17, 15) is 0 Å². The fraction of sp³-hybridized carbons (Fsp3) is 0.545. The summed E-state index contributed by atoms with van der Waals surface area (Å²) in [5, 5.41) is 0. The molecule has 0 aromatic carbocycles. The summed E-state index contributed by atoms with van der Waals surface area (Å²) in [6.45, 7) is 5.91. The Kier molecular flexibility index (Phi) is 2.77. The van der Waals surface area contributed by atoms with Gasteiger partial charge in [0.2, 0.25) is 0 Å². The van der Waals surface area contributed by atoms with Crippen molar-refractivity contribution in [2.45, 2.75) is 26.1 Å². The molecule has 1 aromatic heterocycles. The Morgan fingerprint density at radius 3 is 2.67 bits per heavy atom. The zero-order chi connectivity index (χ0) is 10.8. The molecule has 1 aliphatic rings. The molecule has 2 N–H and O–H groups in total. The average molecular weight is 207 g/mol. The van der Waals surface area contributed by atoms with E-state index in [-0.39, 0.29) is 12.2 Å². The number of nitrogen functional groups attached to an aromatic ring is 1. The molecule has 1 saturated heterocycles. The van der Waals surface area contributed by atoms with Crippen LogP contribution in [-0.2, 0) is 4.74 Å². The van der Waals surface area contributed by atoms with Crippen molar-refractivity contribution >= 4 is 11.5 Å². The summed E-state index contributed by atoms with van der Waals surface area (Å²) in [4.78, 5) is 6.54. The maximum Gasteiger partial charge on any atom is 0.130 e. The van der Waals surface area contributed by atoms with Crippen molar-refractivity contribution in [1.29, 1.82) is 0 Å². The molecule has 0 radical (unpaired) electrons. The zero-order valence-corrected chi connectivity index (χ0v) is 9.18. The number of ether oxygens (including phenoxy) is 1. The minimum absolute atomic E-state index is 0.247. The Balaban J connectivity index is 2.16. The lowest BCUT2D eigenvalue weighted by Crippen LogP contribution is -2.45. The van der Waals surface area contributed by atoms with Crippen molar-refractivity contribution in [1.82, 2.24) is 4.98 Å². The molecule has 2 atom stereocenters. The van der Waals surface area contributed by atoms with E-state index in [0.29, 0.717) is 0 Å². The van der Waals surface area contributed by atoms with Crippen molar-refractivity contribution in [3.63, 3.8) is 0 Å². The van der Waals surface area contributed by atoms with E-state index in [1.54, 1.807) is 12.3 Å². The molecule has 15 heavy (non-hydrogen) atoms. The van der Waals surface area contributed by atoms with Gasteiger partial charge in [-0.05, 0) is 19.9 Å². The van der Waals surface area contributed by atoms with E-state index in [0.717, 1.165) is 24.6 Å². The lowest BCUT2D eigenvalue weighted by Gasteiger charge is -2.36. The molecule has 0 unspecified atom stereocenters. The van der Waals surface area contributed by atoms with Gasteiger partial charge < -0.3 is 15.4 Å². The first-order chi connectivity index (χ1) is 7.15. The molecular weight excluding hydrogens is 190 g/mol. The molecule has 4 nitrogen and oxygen atoms in total. The van der Waals surface area contributed by atoms with Crippen LogP contribution in [0.4, 0.5) is 11.5 Å². The number of pyridine rings is 1. The minimum atomic E-state index is 0.247. The number of anilines is 2. The Morgan fingerprint density at radius 1 is 1.40 bits per heavy atom. The smallest absolute Gasteiger partial charge is 0.130 e. The normalized spacial score (nSPS) is 26.7. The monoisotopic (exact) mass is 207 g/mol. The van der Waals surface area contributed by atoms with E-state index in [1.165, 1.54) is 0 Å². The summed E-state index contributed by atoms with van der Waals surface area (Å²) in [6.07, 6.45) is 2.24. The molecule has 0 bridgehead atoms. The Labute approximate surface area is 90.0 Å². The third kappa shape index (κ3) is 2.39. The molecule has 0 amide bonds. The minimum Gasteiger partial charge on any atom is -0.399 e.